The Balaban J connectivity index is 0.000000219. The van der Waals surface area contributed by atoms with Crippen molar-refractivity contribution < 1.29 is 14.7 Å². The van der Waals surface area contributed by atoms with E-state index in [2.05, 4.69) is 4.98 Å². The summed E-state index contributed by atoms with van der Waals surface area (Å²) in [6, 6.07) is 11.8. The molecule has 0 spiro atoms. The van der Waals surface area contributed by atoms with Crippen LogP contribution in [-0.2, 0) is 11.2 Å². The second kappa shape index (κ2) is 8.44. The van der Waals surface area contributed by atoms with E-state index in [1.165, 1.54) is 6.20 Å². The first kappa shape index (κ1) is 16.3. The number of nitrogens with zero attached hydrogens (tertiary/aromatic N) is 1. The highest BCUT2D eigenvalue weighted by Gasteiger charge is 2.10. The zero-order valence-corrected chi connectivity index (χ0v) is 11.3. The van der Waals surface area contributed by atoms with Crippen molar-refractivity contribution in [1.82, 2.24) is 4.98 Å². The van der Waals surface area contributed by atoms with Crippen LogP contribution in [0.25, 0.3) is 0 Å². The molecule has 1 aromatic carbocycles. The van der Waals surface area contributed by atoms with Crippen LogP contribution in [0.4, 0.5) is 0 Å². The molecular weight excluding hydrogens is 270 g/mol. The monoisotopic (exact) mass is 287 g/mol. The van der Waals surface area contributed by atoms with Crippen molar-refractivity contribution in [3.8, 4) is 0 Å². The van der Waals surface area contributed by atoms with Crippen molar-refractivity contribution in [3.05, 3.63) is 66.0 Å². The Bertz CT molecular complexity index is 573. The van der Waals surface area contributed by atoms with Gasteiger partial charge in [-0.3, -0.25) is 14.6 Å². The number of carboxylic acid groups (broad SMARTS) is 1. The van der Waals surface area contributed by atoms with E-state index in [0.717, 1.165) is 5.56 Å². The van der Waals surface area contributed by atoms with Gasteiger partial charge in [0.15, 0.2) is 0 Å². The first-order chi connectivity index (χ1) is 10.0. The normalized spacial score (nSPS) is 10.9. The van der Waals surface area contributed by atoms with Gasteiger partial charge in [-0.25, -0.2) is 0 Å². The summed E-state index contributed by atoms with van der Waals surface area (Å²) in [7, 11) is 0. The van der Waals surface area contributed by atoms with Crippen molar-refractivity contribution in [3.63, 3.8) is 0 Å². The zero-order chi connectivity index (χ0) is 15.7. The van der Waals surface area contributed by atoms with Gasteiger partial charge >= 0.3 is 5.97 Å². The first-order valence-electron chi connectivity index (χ1n) is 6.23. The Hall–Kier alpha value is -2.73. The predicted octanol–water partition coefficient (Wildman–Crippen LogP) is 0.821. The quantitative estimate of drug-likeness (QED) is 0.769. The van der Waals surface area contributed by atoms with E-state index >= 15 is 0 Å². The lowest BCUT2D eigenvalue weighted by Gasteiger charge is -2.04. The SMILES string of the molecule is NC(=O)c1cccnc1.N[C@@H](Cc1ccccc1)C(=O)O. The van der Waals surface area contributed by atoms with E-state index in [1.807, 2.05) is 30.3 Å². The minimum absolute atomic E-state index is 0.385. The maximum absolute atomic E-state index is 10.4. The van der Waals surface area contributed by atoms with E-state index in [1.54, 1.807) is 18.3 Å². The average Bonchev–Trinajstić information content (AvgIpc) is 2.49. The summed E-state index contributed by atoms with van der Waals surface area (Å²) in [5, 5.41) is 8.52. The molecule has 1 aromatic heterocycles. The van der Waals surface area contributed by atoms with Crippen LogP contribution >= 0.6 is 0 Å². The predicted molar refractivity (Wildman–Crippen MR) is 78.5 cm³/mol. The summed E-state index contributed by atoms with van der Waals surface area (Å²) in [6.07, 6.45) is 3.41. The number of amides is 1. The molecule has 1 amide bonds. The van der Waals surface area contributed by atoms with Gasteiger partial charge in [-0.2, -0.15) is 0 Å². The highest BCUT2D eigenvalue weighted by atomic mass is 16.4. The lowest BCUT2D eigenvalue weighted by Crippen LogP contribution is -2.32. The highest BCUT2D eigenvalue weighted by molar-refractivity contribution is 5.92. The van der Waals surface area contributed by atoms with Gasteiger partial charge in [-0.15, -0.1) is 0 Å². The van der Waals surface area contributed by atoms with Gasteiger partial charge in [0.25, 0.3) is 0 Å². The fourth-order valence-electron chi connectivity index (χ4n) is 1.46. The van der Waals surface area contributed by atoms with Crippen molar-refractivity contribution in [2.24, 2.45) is 11.5 Å². The summed E-state index contributed by atoms with van der Waals surface area (Å²) in [5.41, 5.74) is 11.7. The Morgan fingerprint density at radius 3 is 2.24 bits per heavy atom. The summed E-state index contributed by atoms with van der Waals surface area (Å²) < 4.78 is 0. The standard InChI is InChI=1S/C9H11NO2.C6H6N2O/c10-8(9(11)12)6-7-4-2-1-3-5-7;7-6(9)5-2-1-3-8-4-5/h1-5,8H,6,10H2,(H,11,12);1-4H,(H2,7,9)/t8-;/m0./s1. The number of benzene rings is 1. The number of pyridine rings is 1. The number of primary amides is 1. The highest BCUT2D eigenvalue weighted by Crippen LogP contribution is 2.01. The number of aliphatic carboxylic acids is 1. The third kappa shape index (κ3) is 6.31. The molecule has 5 N–H and O–H groups in total. The molecule has 0 bridgehead atoms. The molecule has 6 nitrogen and oxygen atoms in total. The van der Waals surface area contributed by atoms with Gasteiger partial charge in [0.2, 0.25) is 5.91 Å². The van der Waals surface area contributed by atoms with E-state index < -0.39 is 17.9 Å². The van der Waals surface area contributed by atoms with E-state index in [0.29, 0.717) is 12.0 Å². The zero-order valence-electron chi connectivity index (χ0n) is 11.3. The molecule has 1 heterocycles. The van der Waals surface area contributed by atoms with Crippen LogP contribution < -0.4 is 11.5 Å². The molecule has 0 saturated heterocycles. The van der Waals surface area contributed by atoms with Crippen LogP contribution in [0.3, 0.4) is 0 Å². The number of aromatic nitrogens is 1. The maximum atomic E-state index is 10.4. The summed E-state index contributed by atoms with van der Waals surface area (Å²) >= 11 is 0. The molecule has 0 fully saturated rings. The minimum Gasteiger partial charge on any atom is -0.480 e. The minimum atomic E-state index is -0.959. The Morgan fingerprint density at radius 1 is 1.14 bits per heavy atom. The van der Waals surface area contributed by atoms with Crippen molar-refractivity contribution in [1.29, 1.82) is 0 Å². The Labute approximate surface area is 122 Å². The number of carbonyl (C=O) groups excluding carboxylic acids is 1. The summed E-state index contributed by atoms with van der Waals surface area (Å²) in [5.74, 6) is -1.40. The number of carbonyl (C=O) groups is 2. The van der Waals surface area contributed by atoms with Gasteiger partial charge in [0.05, 0.1) is 5.56 Å². The van der Waals surface area contributed by atoms with Gasteiger partial charge in [-0.05, 0) is 24.1 Å². The number of rotatable bonds is 4. The number of carboxylic acids is 1. The second-order valence-electron chi connectivity index (χ2n) is 4.24. The number of nitrogens with two attached hydrogens (primary N) is 2. The molecule has 110 valence electrons. The fourth-order valence-corrected chi connectivity index (χ4v) is 1.46. The van der Waals surface area contributed by atoms with Crippen LogP contribution in [0.1, 0.15) is 15.9 Å². The van der Waals surface area contributed by atoms with Crippen LogP contribution in [0.2, 0.25) is 0 Å². The van der Waals surface area contributed by atoms with Gasteiger partial charge < -0.3 is 16.6 Å². The number of hydrogen-bond donors (Lipinski definition) is 3. The summed E-state index contributed by atoms with van der Waals surface area (Å²) in [6.45, 7) is 0. The average molecular weight is 287 g/mol. The molecule has 2 rings (SSSR count). The Morgan fingerprint density at radius 2 is 1.81 bits per heavy atom. The van der Waals surface area contributed by atoms with Crippen molar-refractivity contribution in [2.75, 3.05) is 0 Å². The van der Waals surface area contributed by atoms with Crippen LogP contribution in [-0.4, -0.2) is 28.0 Å². The lowest BCUT2D eigenvalue weighted by atomic mass is 10.1. The molecule has 21 heavy (non-hydrogen) atoms. The topological polar surface area (TPSA) is 119 Å². The largest absolute Gasteiger partial charge is 0.480 e. The third-order valence-corrected chi connectivity index (χ3v) is 2.56. The van der Waals surface area contributed by atoms with E-state index in [-0.39, 0.29) is 0 Å². The van der Waals surface area contributed by atoms with Crippen LogP contribution in [0, 0.1) is 0 Å². The van der Waals surface area contributed by atoms with Crippen LogP contribution in [0.15, 0.2) is 54.9 Å². The molecule has 0 aliphatic rings. The molecule has 2 aromatic rings. The Kier molecular flexibility index (Phi) is 6.56. The maximum Gasteiger partial charge on any atom is 0.320 e. The smallest absolute Gasteiger partial charge is 0.320 e. The summed E-state index contributed by atoms with van der Waals surface area (Å²) in [4.78, 5) is 24.5. The molecule has 6 heteroatoms. The van der Waals surface area contributed by atoms with Gasteiger partial charge in [-0.1, -0.05) is 30.3 Å². The first-order valence-corrected chi connectivity index (χ1v) is 6.23. The van der Waals surface area contributed by atoms with Crippen molar-refractivity contribution in [2.45, 2.75) is 12.5 Å². The molecular formula is C15H17N3O3. The molecule has 1 atom stereocenters. The van der Waals surface area contributed by atoms with Gasteiger partial charge in [0.1, 0.15) is 6.04 Å². The lowest BCUT2D eigenvalue weighted by molar-refractivity contribution is -0.138. The van der Waals surface area contributed by atoms with Crippen LogP contribution in [0.5, 0.6) is 0 Å². The molecule has 0 unspecified atom stereocenters. The number of hydrogen-bond acceptors (Lipinski definition) is 4. The van der Waals surface area contributed by atoms with E-state index in [4.69, 9.17) is 16.6 Å². The third-order valence-electron chi connectivity index (χ3n) is 2.56. The molecule has 0 saturated carbocycles. The van der Waals surface area contributed by atoms with Crippen molar-refractivity contribution >= 4 is 11.9 Å². The second-order valence-corrected chi connectivity index (χ2v) is 4.24. The van der Waals surface area contributed by atoms with E-state index in [9.17, 15) is 9.59 Å². The fraction of sp³-hybridized carbons (Fsp3) is 0.133. The molecule has 0 radical (unpaired) electrons. The molecule has 0 aliphatic heterocycles. The molecule has 0 aliphatic carbocycles. The van der Waals surface area contributed by atoms with Gasteiger partial charge in [0, 0.05) is 12.4 Å².